The van der Waals surface area contributed by atoms with E-state index in [0.29, 0.717) is 22.8 Å². The zero-order valence-electron chi connectivity index (χ0n) is 17.5. The van der Waals surface area contributed by atoms with Gasteiger partial charge in [-0.25, -0.2) is 9.59 Å². The van der Waals surface area contributed by atoms with Crippen molar-refractivity contribution in [1.82, 2.24) is 0 Å². The molecular formula is C25H24O6. The van der Waals surface area contributed by atoms with Crippen LogP contribution in [0.5, 0.6) is 17.2 Å². The van der Waals surface area contributed by atoms with Crippen molar-refractivity contribution in [3.63, 3.8) is 0 Å². The van der Waals surface area contributed by atoms with Gasteiger partial charge in [-0.15, -0.1) is 0 Å². The number of aryl methyl sites for hydroxylation is 2. The van der Waals surface area contributed by atoms with Gasteiger partial charge in [0.1, 0.15) is 30.5 Å². The second-order valence-electron chi connectivity index (χ2n) is 6.83. The van der Waals surface area contributed by atoms with Gasteiger partial charge in [0.2, 0.25) is 0 Å². The van der Waals surface area contributed by atoms with E-state index in [4.69, 9.17) is 18.9 Å². The van der Waals surface area contributed by atoms with Gasteiger partial charge in [0, 0.05) is 0 Å². The van der Waals surface area contributed by atoms with Gasteiger partial charge in [-0.05, 0) is 73.5 Å². The van der Waals surface area contributed by atoms with Crippen LogP contribution in [0.15, 0.2) is 72.8 Å². The number of benzene rings is 3. The van der Waals surface area contributed by atoms with Crippen LogP contribution in [0.1, 0.15) is 21.5 Å². The highest BCUT2D eigenvalue weighted by atomic mass is 16.6. The molecule has 0 atom stereocenters. The van der Waals surface area contributed by atoms with Crippen LogP contribution >= 0.6 is 0 Å². The largest absolute Gasteiger partial charge is 0.490 e. The summed E-state index contributed by atoms with van der Waals surface area (Å²) < 4.78 is 21.4. The van der Waals surface area contributed by atoms with E-state index < -0.39 is 11.9 Å². The Bertz CT molecular complexity index is 1010. The van der Waals surface area contributed by atoms with Crippen molar-refractivity contribution in [3.8, 4) is 17.2 Å². The van der Waals surface area contributed by atoms with Gasteiger partial charge >= 0.3 is 11.9 Å². The summed E-state index contributed by atoms with van der Waals surface area (Å²) in [7, 11) is 0. The molecule has 0 aromatic heterocycles. The number of carbonyl (C=O) groups is 2. The Balaban J connectivity index is 1.40. The molecule has 0 bridgehead atoms. The molecule has 0 unspecified atom stereocenters. The number of hydrogen-bond donors (Lipinski definition) is 0. The maximum atomic E-state index is 12.1. The fraction of sp³-hybridized carbons (Fsp3) is 0.200. The minimum Gasteiger partial charge on any atom is -0.490 e. The summed E-state index contributed by atoms with van der Waals surface area (Å²) in [5.74, 6) is 0.623. The quantitative estimate of drug-likeness (QED) is 0.288. The first-order valence-electron chi connectivity index (χ1n) is 9.87. The van der Waals surface area contributed by atoms with Gasteiger partial charge in [0.15, 0.2) is 6.61 Å². The summed E-state index contributed by atoms with van der Waals surface area (Å²) in [6.45, 7) is 4.15. The molecule has 0 radical (unpaired) electrons. The predicted octanol–water partition coefficient (Wildman–Crippen LogP) is 4.52. The standard InChI is InChI=1S/C25H24O6/c1-18-8-11-23(16-19(18)2)30-17-24(26)31-22-12-9-20(10-13-22)25(27)29-15-14-28-21-6-4-3-5-7-21/h3-13,16H,14-15,17H2,1-2H3. The first kappa shape index (κ1) is 21.9. The first-order valence-corrected chi connectivity index (χ1v) is 9.87. The average molecular weight is 420 g/mol. The Morgan fingerprint density at radius 2 is 1.42 bits per heavy atom. The molecule has 3 aromatic carbocycles. The number of carbonyl (C=O) groups excluding carboxylic acids is 2. The molecule has 3 aromatic rings. The number of hydrogen-bond acceptors (Lipinski definition) is 6. The molecule has 0 aliphatic rings. The average Bonchev–Trinajstić information content (AvgIpc) is 2.78. The Morgan fingerprint density at radius 3 is 2.13 bits per heavy atom. The molecule has 0 N–H and O–H groups in total. The summed E-state index contributed by atoms with van der Waals surface area (Å²) in [5.41, 5.74) is 2.59. The Labute approximate surface area is 181 Å². The van der Waals surface area contributed by atoms with Crippen LogP contribution in [-0.4, -0.2) is 31.8 Å². The summed E-state index contributed by atoms with van der Waals surface area (Å²) in [5, 5.41) is 0. The van der Waals surface area contributed by atoms with Crippen molar-refractivity contribution in [2.24, 2.45) is 0 Å². The van der Waals surface area contributed by atoms with E-state index in [0.717, 1.165) is 11.1 Å². The molecule has 0 saturated carbocycles. The van der Waals surface area contributed by atoms with E-state index in [2.05, 4.69) is 0 Å². The van der Waals surface area contributed by atoms with Gasteiger partial charge in [-0.1, -0.05) is 24.3 Å². The third-order valence-corrected chi connectivity index (χ3v) is 4.49. The van der Waals surface area contributed by atoms with E-state index in [1.54, 1.807) is 6.07 Å². The van der Waals surface area contributed by atoms with Gasteiger partial charge in [0.25, 0.3) is 0 Å². The summed E-state index contributed by atoms with van der Waals surface area (Å²) >= 11 is 0. The highest BCUT2D eigenvalue weighted by molar-refractivity contribution is 5.89. The molecular weight excluding hydrogens is 396 g/mol. The molecule has 6 nitrogen and oxygen atoms in total. The van der Waals surface area contributed by atoms with Crippen LogP contribution in [0.3, 0.4) is 0 Å². The molecule has 0 aliphatic carbocycles. The lowest BCUT2D eigenvalue weighted by Gasteiger charge is -2.09. The van der Waals surface area contributed by atoms with Crippen LogP contribution in [-0.2, 0) is 9.53 Å². The second-order valence-corrected chi connectivity index (χ2v) is 6.83. The van der Waals surface area contributed by atoms with Crippen LogP contribution in [0.2, 0.25) is 0 Å². The second kappa shape index (κ2) is 10.8. The molecule has 3 rings (SSSR count). The lowest BCUT2D eigenvalue weighted by Crippen LogP contribution is -2.18. The van der Waals surface area contributed by atoms with Crippen molar-refractivity contribution < 1.29 is 28.5 Å². The van der Waals surface area contributed by atoms with Crippen molar-refractivity contribution in [1.29, 1.82) is 0 Å². The van der Waals surface area contributed by atoms with Crippen LogP contribution in [0, 0.1) is 13.8 Å². The first-order chi connectivity index (χ1) is 15.0. The molecule has 6 heteroatoms. The van der Waals surface area contributed by atoms with E-state index in [9.17, 15) is 9.59 Å². The molecule has 0 saturated heterocycles. The SMILES string of the molecule is Cc1ccc(OCC(=O)Oc2ccc(C(=O)OCCOc3ccccc3)cc2)cc1C. The summed E-state index contributed by atoms with van der Waals surface area (Å²) in [6.07, 6.45) is 0. The Hall–Kier alpha value is -3.80. The minimum atomic E-state index is -0.536. The van der Waals surface area contributed by atoms with E-state index >= 15 is 0 Å². The number of ether oxygens (including phenoxy) is 4. The number of para-hydroxylation sites is 1. The lowest BCUT2D eigenvalue weighted by molar-refractivity contribution is -0.136. The highest BCUT2D eigenvalue weighted by Gasteiger charge is 2.10. The highest BCUT2D eigenvalue weighted by Crippen LogP contribution is 2.17. The van der Waals surface area contributed by atoms with Crippen molar-refractivity contribution >= 4 is 11.9 Å². The fourth-order valence-corrected chi connectivity index (χ4v) is 2.66. The third kappa shape index (κ3) is 6.89. The zero-order chi connectivity index (χ0) is 22.1. The minimum absolute atomic E-state index is 0.125. The summed E-state index contributed by atoms with van der Waals surface area (Å²) in [6, 6.07) is 21.0. The van der Waals surface area contributed by atoms with Crippen LogP contribution < -0.4 is 14.2 Å². The fourth-order valence-electron chi connectivity index (χ4n) is 2.66. The van der Waals surface area contributed by atoms with Gasteiger partial charge in [-0.2, -0.15) is 0 Å². The smallest absolute Gasteiger partial charge is 0.349 e. The van der Waals surface area contributed by atoms with Crippen molar-refractivity contribution in [3.05, 3.63) is 89.5 Å². The zero-order valence-corrected chi connectivity index (χ0v) is 17.5. The normalized spacial score (nSPS) is 10.3. The Kier molecular flexibility index (Phi) is 7.65. The Morgan fingerprint density at radius 1 is 0.710 bits per heavy atom. The van der Waals surface area contributed by atoms with E-state index in [-0.39, 0.29) is 19.8 Å². The topological polar surface area (TPSA) is 71.1 Å². The van der Waals surface area contributed by atoms with Crippen LogP contribution in [0.4, 0.5) is 0 Å². The van der Waals surface area contributed by atoms with Gasteiger partial charge in [-0.3, -0.25) is 0 Å². The van der Waals surface area contributed by atoms with Crippen LogP contribution in [0.25, 0.3) is 0 Å². The third-order valence-electron chi connectivity index (χ3n) is 4.49. The van der Waals surface area contributed by atoms with Gasteiger partial charge < -0.3 is 18.9 Å². The van der Waals surface area contributed by atoms with E-state index in [1.807, 2.05) is 56.3 Å². The molecule has 160 valence electrons. The lowest BCUT2D eigenvalue weighted by atomic mass is 10.1. The van der Waals surface area contributed by atoms with Gasteiger partial charge in [0.05, 0.1) is 5.56 Å². The molecule has 0 heterocycles. The summed E-state index contributed by atoms with van der Waals surface area (Å²) in [4.78, 5) is 24.1. The van der Waals surface area contributed by atoms with Crippen molar-refractivity contribution in [2.45, 2.75) is 13.8 Å². The number of rotatable bonds is 9. The molecule has 0 amide bonds. The maximum Gasteiger partial charge on any atom is 0.349 e. The molecule has 31 heavy (non-hydrogen) atoms. The monoisotopic (exact) mass is 420 g/mol. The predicted molar refractivity (Wildman–Crippen MR) is 116 cm³/mol. The molecule has 0 spiro atoms. The number of esters is 2. The molecule has 0 fully saturated rings. The van der Waals surface area contributed by atoms with E-state index in [1.165, 1.54) is 24.3 Å². The molecule has 0 aliphatic heterocycles. The van der Waals surface area contributed by atoms with Crippen molar-refractivity contribution in [2.75, 3.05) is 19.8 Å². The maximum absolute atomic E-state index is 12.1.